The minimum absolute atomic E-state index is 0.705. The molecule has 0 bridgehead atoms. The van der Waals surface area contributed by atoms with Crippen LogP contribution in [0.5, 0.6) is 0 Å². The highest BCUT2D eigenvalue weighted by Crippen LogP contribution is 2.86. The monoisotopic (exact) mass is 945 g/mol. The molecule has 0 nitrogen and oxygen atoms in total. The predicted octanol–water partition coefficient (Wildman–Crippen LogP) is 18.5. The van der Waals surface area contributed by atoms with E-state index in [0.717, 1.165) is 105 Å². The largest absolute Gasteiger partial charge is 0.0782 e. The molecule has 8 unspecified atom stereocenters. The summed E-state index contributed by atoms with van der Waals surface area (Å²) in [6.07, 6.45) is 65.9. The topological polar surface area (TPSA) is 0 Å². The molecule has 0 radical (unpaired) electrons. The van der Waals surface area contributed by atoms with E-state index >= 15 is 0 Å². The van der Waals surface area contributed by atoms with Crippen molar-refractivity contribution in [3.8, 4) is 0 Å². The van der Waals surface area contributed by atoms with E-state index in [0.29, 0.717) is 3.42 Å². The lowest BCUT2D eigenvalue weighted by Gasteiger charge is -2.80. The highest BCUT2D eigenvalue weighted by Gasteiger charge is 2.80. The van der Waals surface area contributed by atoms with Crippen molar-refractivity contribution in [2.75, 3.05) is 0 Å². The predicted molar refractivity (Wildman–Crippen MR) is 266 cm³/mol. The summed E-state index contributed by atoms with van der Waals surface area (Å²) in [7, 11) is 0. The Balaban J connectivity index is 0.755. The normalized spacial score (nSPS) is 49.3. The fourth-order valence-corrected chi connectivity index (χ4v) is 24.5. The minimum Gasteiger partial charge on any atom is -0.0782 e. The minimum atomic E-state index is 0.705. The van der Waals surface area contributed by atoms with E-state index in [1.807, 2.05) is 0 Å². The third kappa shape index (κ3) is 7.36. The van der Waals surface area contributed by atoms with E-state index in [4.69, 9.17) is 0 Å². The third-order valence-corrected chi connectivity index (χ3v) is 27.6. The summed E-state index contributed by atoms with van der Waals surface area (Å²) in [6, 6.07) is 0. The summed E-state index contributed by atoms with van der Waals surface area (Å²) in [6.45, 7) is 0. The van der Waals surface area contributed by atoms with Crippen molar-refractivity contribution in [3.63, 3.8) is 0 Å². The molecular formula is C60H97I. The molecule has 0 aromatic heterocycles. The third-order valence-electron chi connectivity index (χ3n) is 25.6. The van der Waals surface area contributed by atoms with Gasteiger partial charge >= 0.3 is 0 Å². The molecule has 0 N–H and O–H groups in total. The highest BCUT2D eigenvalue weighted by atomic mass is 127. The van der Waals surface area contributed by atoms with E-state index < -0.39 is 0 Å². The van der Waals surface area contributed by atoms with Crippen LogP contribution in [0.3, 0.4) is 0 Å². The summed E-state index contributed by atoms with van der Waals surface area (Å²) in [5.74, 6) is 16.5. The molecule has 1 heteroatoms. The summed E-state index contributed by atoms with van der Waals surface area (Å²) >= 11 is 3.22. The number of fused-ring (bicyclic) bond motifs is 2. The van der Waals surface area contributed by atoms with Crippen LogP contribution in [-0.2, 0) is 0 Å². The van der Waals surface area contributed by atoms with Gasteiger partial charge in [0, 0.05) is 3.42 Å². The summed E-state index contributed by atoms with van der Waals surface area (Å²) in [5.41, 5.74) is 2.31. The molecule has 0 saturated heterocycles. The summed E-state index contributed by atoms with van der Waals surface area (Å²) in [5, 5.41) is 0. The average molecular weight is 945 g/mol. The summed E-state index contributed by atoms with van der Waals surface area (Å²) < 4.78 is 0.705. The average Bonchev–Trinajstić information content (AvgIpc) is 3.94. The first-order valence-corrected chi connectivity index (χ1v) is 30.8. The smallest absolute Gasteiger partial charge is 0.0288 e. The lowest BCUT2D eigenvalue weighted by atomic mass is 9.24. The number of hydrogen-bond donors (Lipinski definition) is 0. The van der Waals surface area contributed by atoms with Crippen molar-refractivity contribution in [3.05, 3.63) is 0 Å². The second-order valence-corrected chi connectivity index (χ2v) is 29.2. The molecule has 0 aliphatic heterocycles. The quantitative estimate of drug-likeness (QED) is 0.160. The van der Waals surface area contributed by atoms with Crippen LogP contribution < -0.4 is 0 Å². The molecule has 12 rings (SSSR count). The van der Waals surface area contributed by atoms with Crippen molar-refractivity contribution in [1.82, 2.24) is 0 Å². The molecule has 0 aromatic carbocycles. The van der Waals surface area contributed by atoms with Gasteiger partial charge in [-0.3, -0.25) is 0 Å². The highest BCUT2D eigenvalue weighted by molar-refractivity contribution is 14.1. The Morgan fingerprint density at radius 1 is 0.295 bits per heavy atom. The van der Waals surface area contributed by atoms with Gasteiger partial charge in [-0.15, -0.1) is 0 Å². The van der Waals surface area contributed by atoms with Crippen molar-refractivity contribution in [1.29, 1.82) is 0 Å². The van der Waals surface area contributed by atoms with Crippen molar-refractivity contribution in [2.45, 2.75) is 267 Å². The standard InChI is InChI=1S/C60H97I/c61-60-41-55(60)53(48-36-46(42-17-6-1-7-18-42)35-47(37-48)43-19-8-2-9-20-43)38-54(60)56-40-58(33-34-59(56,58)52-26-14-5-15-27-52)51-30-28-44(29-31-51)45-21-16-32-57(39-45,49-22-10-3-11-23-49)50-24-12-4-13-25-50/h42-56H,1-41H2/t44?,45?,46?,47?,48?,51?,53?,54?,55?,56?,58?,59-,60+/m0/s1. The maximum absolute atomic E-state index is 3.22. The fraction of sp³-hybridized carbons (Fsp3) is 1.00. The second-order valence-electron chi connectivity index (χ2n) is 27.2. The van der Waals surface area contributed by atoms with Crippen molar-refractivity contribution < 1.29 is 0 Å². The number of hydrogen-bond acceptors (Lipinski definition) is 0. The van der Waals surface area contributed by atoms with Crippen molar-refractivity contribution in [2.24, 2.45) is 105 Å². The Bertz CT molecular complexity index is 1420. The van der Waals surface area contributed by atoms with Crippen LogP contribution in [0.4, 0.5) is 0 Å². The zero-order valence-corrected chi connectivity index (χ0v) is 42.2. The van der Waals surface area contributed by atoms with Crippen LogP contribution in [0.15, 0.2) is 0 Å². The summed E-state index contributed by atoms with van der Waals surface area (Å²) in [4.78, 5) is 0. The van der Waals surface area contributed by atoms with E-state index in [9.17, 15) is 0 Å². The Morgan fingerprint density at radius 2 is 0.787 bits per heavy atom. The van der Waals surface area contributed by atoms with Gasteiger partial charge in [0.25, 0.3) is 0 Å². The molecule has 0 amide bonds. The molecule has 0 spiro atoms. The molecule has 0 heterocycles. The molecule has 0 aromatic rings. The Hall–Kier alpha value is 0.730. The molecule has 12 fully saturated rings. The Labute approximate surface area is 391 Å². The lowest BCUT2D eigenvalue weighted by Crippen LogP contribution is -2.73. The van der Waals surface area contributed by atoms with Crippen LogP contribution in [0, 0.1) is 105 Å². The molecule has 344 valence electrons. The van der Waals surface area contributed by atoms with Gasteiger partial charge in [-0.1, -0.05) is 157 Å². The van der Waals surface area contributed by atoms with E-state index in [1.54, 1.807) is 250 Å². The number of halogens is 1. The number of alkyl halides is 1. The van der Waals surface area contributed by atoms with Gasteiger partial charge in [0.1, 0.15) is 0 Å². The van der Waals surface area contributed by atoms with Gasteiger partial charge in [-0.25, -0.2) is 0 Å². The lowest BCUT2D eigenvalue weighted by molar-refractivity contribution is -0.313. The molecular weight excluding hydrogens is 848 g/mol. The molecule has 12 aliphatic rings. The van der Waals surface area contributed by atoms with Gasteiger partial charge in [0.05, 0.1) is 0 Å². The van der Waals surface area contributed by atoms with Crippen LogP contribution in [-0.4, -0.2) is 3.42 Å². The molecule has 10 atom stereocenters. The zero-order chi connectivity index (χ0) is 40.7. The Kier molecular flexibility index (Phi) is 12.5. The molecule has 12 saturated carbocycles. The van der Waals surface area contributed by atoms with Gasteiger partial charge in [-0.2, -0.15) is 0 Å². The van der Waals surface area contributed by atoms with Crippen LogP contribution >= 0.6 is 22.6 Å². The van der Waals surface area contributed by atoms with Crippen LogP contribution in [0.2, 0.25) is 0 Å². The zero-order valence-electron chi connectivity index (χ0n) is 40.0. The fourth-order valence-electron chi connectivity index (χ4n) is 22.8. The van der Waals surface area contributed by atoms with Gasteiger partial charge < -0.3 is 0 Å². The van der Waals surface area contributed by atoms with Crippen LogP contribution in [0.25, 0.3) is 0 Å². The van der Waals surface area contributed by atoms with Crippen molar-refractivity contribution >= 4 is 22.6 Å². The maximum Gasteiger partial charge on any atom is 0.0288 e. The first kappa shape index (κ1) is 43.0. The first-order valence-electron chi connectivity index (χ1n) is 29.7. The van der Waals surface area contributed by atoms with Crippen LogP contribution in [0.1, 0.15) is 263 Å². The van der Waals surface area contributed by atoms with Gasteiger partial charge in [0.2, 0.25) is 0 Å². The van der Waals surface area contributed by atoms with E-state index in [-0.39, 0.29) is 0 Å². The molecule has 12 aliphatic carbocycles. The van der Waals surface area contributed by atoms with E-state index in [1.165, 1.54) is 12.8 Å². The second kappa shape index (κ2) is 17.7. The van der Waals surface area contributed by atoms with E-state index in [2.05, 4.69) is 22.6 Å². The number of rotatable bonds is 9. The first-order chi connectivity index (χ1) is 30.0. The maximum atomic E-state index is 3.22. The Morgan fingerprint density at radius 3 is 1.33 bits per heavy atom. The van der Waals surface area contributed by atoms with Gasteiger partial charge in [-0.05, 0) is 233 Å². The molecule has 61 heavy (non-hydrogen) atoms. The SMILES string of the molecule is I[C@@]12CC1C(C1CC(C3CCCCC3)CC(C3CCCCC3)C1)CC2C1CC2(C3CCC(C4CCCC(C5CCCCC5)(C5CCCCC5)C4)CC3)CC[C@]12C1CCCCC1. The van der Waals surface area contributed by atoms with Gasteiger partial charge in [0.15, 0.2) is 0 Å².